The number of nitrogens with zero attached hydrogens (tertiary/aromatic N) is 2. The summed E-state index contributed by atoms with van der Waals surface area (Å²) in [5.41, 5.74) is 2.24. The molecule has 2 rings (SSSR count). The summed E-state index contributed by atoms with van der Waals surface area (Å²) < 4.78 is 13.0. The van der Waals surface area contributed by atoms with E-state index in [1.807, 2.05) is 18.2 Å². The Kier molecular flexibility index (Phi) is 8.84. The molecule has 0 fully saturated rings. The lowest BCUT2D eigenvalue weighted by Gasteiger charge is -2.16. The Bertz CT molecular complexity index is 769. The number of halogens is 1. The maximum Gasteiger partial charge on any atom is 0.341 e. The van der Waals surface area contributed by atoms with Crippen LogP contribution in [0.15, 0.2) is 24.4 Å². The highest BCUT2D eigenvalue weighted by Crippen LogP contribution is 2.25. The van der Waals surface area contributed by atoms with Crippen molar-refractivity contribution in [1.82, 2.24) is 9.78 Å². The van der Waals surface area contributed by atoms with Gasteiger partial charge >= 0.3 is 5.97 Å². The Labute approximate surface area is 173 Å². The first-order valence-electron chi connectivity index (χ1n) is 10.2. The summed E-state index contributed by atoms with van der Waals surface area (Å²) in [7, 11) is 0. The van der Waals surface area contributed by atoms with E-state index < -0.39 is 0 Å². The number of esters is 1. The second-order valence-electron chi connectivity index (χ2n) is 6.90. The third kappa shape index (κ3) is 5.99. The number of aromatic nitrogens is 2. The van der Waals surface area contributed by atoms with E-state index in [9.17, 15) is 4.79 Å². The molecule has 0 atom stereocenters. The summed E-state index contributed by atoms with van der Waals surface area (Å²) in [4.78, 5) is 12.2. The lowest BCUT2D eigenvalue weighted by Crippen LogP contribution is -2.12. The fourth-order valence-corrected chi connectivity index (χ4v) is 3.26. The Morgan fingerprint density at radius 3 is 2.61 bits per heavy atom. The minimum absolute atomic E-state index is 0.325. The number of aryl methyl sites for hydroxylation is 1. The van der Waals surface area contributed by atoms with Gasteiger partial charge in [0.1, 0.15) is 11.3 Å². The molecule has 0 N–H and O–H groups in total. The zero-order chi connectivity index (χ0) is 20.5. The van der Waals surface area contributed by atoms with Crippen molar-refractivity contribution in [3.8, 4) is 5.75 Å². The van der Waals surface area contributed by atoms with E-state index in [4.69, 9.17) is 21.1 Å². The zero-order valence-corrected chi connectivity index (χ0v) is 18.1. The summed E-state index contributed by atoms with van der Waals surface area (Å²) in [6, 6.07) is 5.64. The third-order valence-electron chi connectivity index (χ3n) is 4.80. The van der Waals surface area contributed by atoms with Crippen LogP contribution in [0.25, 0.3) is 0 Å². The first-order chi connectivity index (χ1) is 13.5. The molecule has 5 nitrogen and oxygen atoms in total. The summed E-state index contributed by atoms with van der Waals surface area (Å²) in [6.45, 7) is 9.72. The summed E-state index contributed by atoms with van der Waals surface area (Å²) in [5.74, 6) is 1.01. The molecule has 2 aromatic rings. The van der Waals surface area contributed by atoms with Crippen LogP contribution in [0.4, 0.5) is 0 Å². The summed E-state index contributed by atoms with van der Waals surface area (Å²) >= 11 is 6.22. The van der Waals surface area contributed by atoms with Crippen LogP contribution < -0.4 is 4.74 Å². The van der Waals surface area contributed by atoms with Crippen molar-refractivity contribution in [2.24, 2.45) is 5.92 Å². The Hall–Kier alpha value is -2.01. The minimum atomic E-state index is -0.325. The van der Waals surface area contributed by atoms with Gasteiger partial charge in [-0.3, -0.25) is 4.68 Å². The predicted molar refractivity (Wildman–Crippen MR) is 112 cm³/mol. The molecule has 0 amide bonds. The predicted octanol–water partition coefficient (Wildman–Crippen LogP) is 5.53. The van der Waals surface area contributed by atoms with Crippen molar-refractivity contribution in [1.29, 1.82) is 0 Å². The van der Waals surface area contributed by atoms with Crippen molar-refractivity contribution in [3.05, 3.63) is 46.2 Å². The van der Waals surface area contributed by atoms with Gasteiger partial charge in [0.15, 0.2) is 0 Å². The van der Waals surface area contributed by atoms with Crippen LogP contribution in [-0.2, 0) is 17.7 Å². The molecule has 0 aliphatic rings. The average Bonchev–Trinajstić information content (AvgIpc) is 3.07. The molecule has 0 unspecified atom stereocenters. The Balaban J connectivity index is 2.25. The highest BCUT2D eigenvalue weighted by atomic mass is 35.5. The lowest BCUT2D eigenvalue weighted by molar-refractivity contribution is 0.0525. The highest BCUT2D eigenvalue weighted by molar-refractivity contribution is 6.30. The lowest BCUT2D eigenvalue weighted by atomic mass is 10.1. The largest absolute Gasteiger partial charge is 0.493 e. The van der Waals surface area contributed by atoms with Gasteiger partial charge in [0, 0.05) is 16.8 Å². The van der Waals surface area contributed by atoms with Crippen molar-refractivity contribution < 1.29 is 14.3 Å². The SMILES string of the molecule is CCCc1nn(Cc2cc(Cl)ccc2OCC(CC)CC)cc1C(=O)OCC. The second kappa shape index (κ2) is 11.1. The number of hydrogen-bond donors (Lipinski definition) is 0. The molecule has 28 heavy (non-hydrogen) atoms. The molecule has 1 heterocycles. The van der Waals surface area contributed by atoms with Crippen LogP contribution >= 0.6 is 11.6 Å². The smallest absolute Gasteiger partial charge is 0.341 e. The molecule has 0 aliphatic carbocycles. The van der Waals surface area contributed by atoms with E-state index in [1.165, 1.54) is 0 Å². The normalized spacial score (nSPS) is 11.1. The molecule has 1 aromatic heterocycles. The van der Waals surface area contributed by atoms with Crippen molar-refractivity contribution in [3.63, 3.8) is 0 Å². The van der Waals surface area contributed by atoms with Crippen LogP contribution in [0.2, 0.25) is 5.02 Å². The molecular formula is C22H31ClN2O3. The molecule has 0 saturated carbocycles. The second-order valence-corrected chi connectivity index (χ2v) is 7.34. The van der Waals surface area contributed by atoms with E-state index >= 15 is 0 Å². The first-order valence-corrected chi connectivity index (χ1v) is 10.5. The third-order valence-corrected chi connectivity index (χ3v) is 5.04. The number of carbonyl (C=O) groups excluding carboxylic acids is 1. The van der Waals surface area contributed by atoms with Gasteiger partial charge in [0.25, 0.3) is 0 Å². The topological polar surface area (TPSA) is 53.4 Å². The van der Waals surface area contributed by atoms with E-state index in [0.717, 1.165) is 42.7 Å². The Morgan fingerprint density at radius 2 is 1.96 bits per heavy atom. The fourth-order valence-electron chi connectivity index (χ4n) is 3.06. The van der Waals surface area contributed by atoms with Gasteiger partial charge in [-0.2, -0.15) is 5.10 Å². The van der Waals surface area contributed by atoms with Crippen molar-refractivity contribution >= 4 is 17.6 Å². The van der Waals surface area contributed by atoms with Crippen LogP contribution in [0, 0.1) is 5.92 Å². The van der Waals surface area contributed by atoms with Crippen LogP contribution in [0.1, 0.15) is 68.6 Å². The number of benzene rings is 1. The number of carbonyl (C=O) groups is 1. The maximum absolute atomic E-state index is 12.2. The van der Waals surface area contributed by atoms with E-state index in [0.29, 0.717) is 36.3 Å². The average molecular weight is 407 g/mol. The molecule has 0 aliphatic heterocycles. The van der Waals surface area contributed by atoms with Gasteiger partial charge in [-0.1, -0.05) is 51.6 Å². The molecule has 0 radical (unpaired) electrons. The molecule has 0 spiro atoms. The van der Waals surface area contributed by atoms with Crippen molar-refractivity contribution in [2.75, 3.05) is 13.2 Å². The minimum Gasteiger partial charge on any atom is -0.493 e. The quantitative estimate of drug-likeness (QED) is 0.460. The molecular weight excluding hydrogens is 376 g/mol. The van der Waals surface area contributed by atoms with Crippen LogP contribution in [0.3, 0.4) is 0 Å². The standard InChI is InChI=1S/C22H31ClN2O3/c1-5-9-20-19(22(26)27-8-4)14-25(24-20)13-17-12-18(23)10-11-21(17)28-15-16(6-2)7-3/h10-12,14,16H,5-9,13,15H2,1-4H3. The van der Waals surface area contributed by atoms with Crippen LogP contribution in [-0.4, -0.2) is 29.0 Å². The van der Waals surface area contributed by atoms with Crippen molar-refractivity contribution in [2.45, 2.75) is 59.9 Å². The van der Waals surface area contributed by atoms with E-state index in [-0.39, 0.29) is 5.97 Å². The van der Waals surface area contributed by atoms with Gasteiger partial charge in [0.2, 0.25) is 0 Å². The van der Waals surface area contributed by atoms with Gasteiger partial charge in [-0.25, -0.2) is 4.79 Å². The molecule has 0 saturated heterocycles. The monoisotopic (exact) mass is 406 g/mol. The van der Waals surface area contributed by atoms with Crippen LogP contribution in [0.5, 0.6) is 5.75 Å². The fraction of sp³-hybridized carbons (Fsp3) is 0.545. The zero-order valence-electron chi connectivity index (χ0n) is 17.3. The summed E-state index contributed by atoms with van der Waals surface area (Å²) in [5, 5.41) is 5.26. The number of hydrogen-bond acceptors (Lipinski definition) is 4. The molecule has 0 bridgehead atoms. The maximum atomic E-state index is 12.2. The summed E-state index contributed by atoms with van der Waals surface area (Å²) in [6.07, 6.45) is 5.57. The molecule has 154 valence electrons. The van der Waals surface area contributed by atoms with E-state index in [1.54, 1.807) is 17.8 Å². The van der Waals surface area contributed by atoms with Gasteiger partial charge in [-0.15, -0.1) is 0 Å². The number of rotatable bonds is 11. The molecule has 1 aromatic carbocycles. The first kappa shape index (κ1) is 22.3. The van der Waals surface area contributed by atoms with Gasteiger partial charge < -0.3 is 9.47 Å². The van der Waals surface area contributed by atoms with Gasteiger partial charge in [0.05, 0.1) is 25.5 Å². The highest BCUT2D eigenvalue weighted by Gasteiger charge is 2.18. The molecule has 6 heteroatoms. The van der Waals surface area contributed by atoms with Gasteiger partial charge in [-0.05, 0) is 37.5 Å². The number of ether oxygens (including phenoxy) is 2. The Morgan fingerprint density at radius 1 is 1.21 bits per heavy atom. The van der Waals surface area contributed by atoms with E-state index in [2.05, 4.69) is 25.9 Å².